The molecular weight excluding hydrogens is 170 g/mol. The first-order valence-electron chi connectivity index (χ1n) is 5.28. The highest BCUT2D eigenvalue weighted by Gasteiger charge is 2.39. The van der Waals surface area contributed by atoms with Crippen LogP contribution in [-0.2, 0) is 11.8 Å². The molecule has 1 aromatic rings. The lowest BCUT2D eigenvalue weighted by atomic mass is 9.82. The van der Waals surface area contributed by atoms with Crippen molar-refractivity contribution in [1.29, 1.82) is 0 Å². The highest BCUT2D eigenvalue weighted by Crippen LogP contribution is 2.40. The van der Waals surface area contributed by atoms with E-state index in [0.717, 1.165) is 0 Å². The Hall–Kier alpha value is -0.820. The Labute approximate surface area is 86.7 Å². The Morgan fingerprint density at radius 1 is 1.21 bits per heavy atom. The van der Waals surface area contributed by atoms with Crippen LogP contribution in [0.1, 0.15) is 25.0 Å². The fraction of sp³-hybridized carbons (Fsp3) is 0.538. The van der Waals surface area contributed by atoms with Gasteiger partial charge in [0.25, 0.3) is 0 Å². The molecule has 0 saturated carbocycles. The molecule has 1 aromatic carbocycles. The van der Waals surface area contributed by atoms with Gasteiger partial charge < -0.3 is 4.90 Å². The predicted octanol–water partition coefficient (Wildman–Crippen LogP) is 2.45. The van der Waals surface area contributed by atoms with E-state index in [1.165, 1.54) is 17.5 Å². The van der Waals surface area contributed by atoms with Gasteiger partial charge in [-0.1, -0.05) is 38.1 Å². The maximum atomic E-state index is 2.35. The Morgan fingerprint density at radius 3 is 2.43 bits per heavy atom. The van der Waals surface area contributed by atoms with Gasteiger partial charge in [-0.05, 0) is 31.6 Å². The zero-order valence-electron chi connectivity index (χ0n) is 9.54. The molecular formula is C13H19N. The molecule has 0 amide bonds. The van der Waals surface area contributed by atoms with Gasteiger partial charge in [-0.2, -0.15) is 0 Å². The average Bonchev–Trinajstić information content (AvgIpc) is 2.39. The van der Waals surface area contributed by atoms with Crippen LogP contribution in [0.3, 0.4) is 0 Å². The van der Waals surface area contributed by atoms with Gasteiger partial charge in [0.1, 0.15) is 0 Å². The van der Waals surface area contributed by atoms with Crippen molar-refractivity contribution in [2.75, 3.05) is 14.1 Å². The SMILES string of the molecule is CN(C)C1Cc2ccccc2C1(C)C. The van der Waals surface area contributed by atoms with Crippen LogP contribution in [0.15, 0.2) is 24.3 Å². The third-order valence-electron chi connectivity index (χ3n) is 3.58. The molecule has 2 rings (SSSR count). The second-order valence-corrected chi connectivity index (χ2v) is 5.06. The van der Waals surface area contributed by atoms with Crippen LogP contribution >= 0.6 is 0 Å². The van der Waals surface area contributed by atoms with E-state index in [2.05, 4.69) is 57.1 Å². The quantitative estimate of drug-likeness (QED) is 0.656. The average molecular weight is 189 g/mol. The summed E-state index contributed by atoms with van der Waals surface area (Å²) in [6.07, 6.45) is 1.19. The van der Waals surface area contributed by atoms with E-state index in [0.29, 0.717) is 11.5 Å². The topological polar surface area (TPSA) is 3.24 Å². The van der Waals surface area contributed by atoms with Gasteiger partial charge in [0.15, 0.2) is 0 Å². The molecule has 0 fully saturated rings. The van der Waals surface area contributed by atoms with Gasteiger partial charge in [0, 0.05) is 11.5 Å². The summed E-state index contributed by atoms with van der Waals surface area (Å²) in [5.41, 5.74) is 3.34. The Bertz CT molecular complexity index is 339. The van der Waals surface area contributed by atoms with E-state index in [1.807, 2.05) is 0 Å². The van der Waals surface area contributed by atoms with Crippen LogP contribution in [-0.4, -0.2) is 25.0 Å². The van der Waals surface area contributed by atoms with E-state index in [-0.39, 0.29) is 0 Å². The minimum atomic E-state index is 0.292. The number of nitrogens with zero attached hydrogens (tertiary/aromatic N) is 1. The van der Waals surface area contributed by atoms with Crippen molar-refractivity contribution in [1.82, 2.24) is 4.90 Å². The zero-order valence-corrected chi connectivity index (χ0v) is 9.54. The minimum Gasteiger partial charge on any atom is -0.305 e. The van der Waals surface area contributed by atoms with Crippen molar-refractivity contribution in [3.05, 3.63) is 35.4 Å². The molecule has 0 radical (unpaired) electrons. The maximum Gasteiger partial charge on any atom is 0.0221 e. The molecule has 76 valence electrons. The zero-order chi connectivity index (χ0) is 10.3. The summed E-state index contributed by atoms with van der Waals surface area (Å²) in [6, 6.07) is 9.48. The largest absolute Gasteiger partial charge is 0.305 e. The molecule has 1 heteroatoms. The molecule has 0 heterocycles. The van der Waals surface area contributed by atoms with Crippen molar-refractivity contribution < 1.29 is 0 Å². The number of hydrogen-bond acceptors (Lipinski definition) is 1. The highest BCUT2D eigenvalue weighted by molar-refractivity contribution is 5.41. The second kappa shape index (κ2) is 3.09. The molecule has 1 atom stereocenters. The fourth-order valence-electron chi connectivity index (χ4n) is 2.80. The van der Waals surface area contributed by atoms with Gasteiger partial charge in [-0.25, -0.2) is 0 Å². The van der Waals surface area contributed by atoms with Crippen LogP contribution in [0.4, 0.5) is 0 Å². The van der Waals surface area contributed by atoms with Gasteiger partial charge in [-0.15, -0.1) is 0 Å². The van der Waals surface area contributed by atoms with Gasteiger partial charge in [-0.3, -0.25) is 0 Å². The molecule has 0 aromatic heterocycles. The van der Waals surface area contributed by atoms with Crippen LogP contribution in [0.5, 0.6) is 0 Å². The highest BCUT2D eigenvalue weighted by atomic mass is 15.1. The Balaban J connectivity index is 2.45. The Morgan fingerprint density at radius 2 is 1.86 bits per heavy atom. The summed E-state index contributed by atoms with van der Waals surface area (Å²) in [5, 5.41) is 0. The van der Waals surface area contributed by atoms with E-state index in [1.54, 1.807) is 0 Å². The van der Waals surface area contributed by atoms with Gasteiger partial charge in [0.05, 0.1) is 0 Å². The normalized spacial score (nSPS) is 23.9. The van der Waals surface area contributed by atoms with Crippen LogP contribution in [0.2, 0.25) is 0 Å². The summed E-state index contributed by atoms with van der Waals surface area (Å²) in [4.78, 5) is 2.35. The van der Waals surface area contributed by atoms with Crippen molar-refractivity contribution in [3.8, 4) is 0 Å². The van der Waals surface area contributed by atoms with Gasteiger partial charge in [0.2, 0.25) is 0 Å². The second-order valence-electron chi connectivity index (χ2n) is 5.06. The lowest BCUT2D eigenvalue weighted by Gasteiger charge is -2.33. The minimum absolute atomic E-state index is 0.292. The molecule has 0 spiro atoms. The summed E-state index contributed by atoms with van der Waals surface area (Å²) in [6.45, 7) is 4.70. The Kier molecular flexibility index (Phi) is 2.15. The van der Waals surface area contributed by atoms with Crippen molar-refractivity contribution in [3.63, 3.8) is 0 Å². The first-order valence-corrected chi connectivity index (χ1v) is 5.28. The summed E-state index contributed by atoms with van der Waals surface area (Å²) < 4.78 is 0. The van der Waals surface area contributed by atoms with E-state index < -0.39 is 0 Å². The first-order chi connectivity index (χ1) is 6.53. The monoisotopic (exact) mass is 189 g/mol. The van der Waals surface area contributed by atoms with Crippen molar-refractivity contribution in [2.45, 2.75) is 31.7 Å². The molecule has 0 saturated heterocycles. The third-order valence-corrected chi connectivity index (χ3v) is 3.58. The van der Waals surface area contributed by atoms with Crippen molar-refractivity contribution >= 4 is 0 Å². The fourth-order valence-corrected chi connectivity index (χ4v) is 2.80. The van der Waals surface area contributed by atoms with Crippen LogP contribution in [0, 0.1) is 0 Å². The molecule has 0 N–H and O–H groups in total. The number of rotatable bonds is 1. The molecule has 1 aliphatic carbocycles. The molecule has 0 bridgehead atoms. The summed E-state index contributed by atoms with van der Waals surface area (Å²) >= 11 is 0. The molecule has 1 nitrogen and oxygen atoms in total. The van der Waals surface area contributed by atoms with Crippen LogP contribution < -0.4 is 0 Å². The van der Waals surface area contributed by atoms with Crippen LogP contribution in [0.25, 0.3) is 0 Å². The number of benzene rings is 1. The lowest BCUT2D eigenvalue weighted by molar-refractivity contribution is 0.216. The predicted molar refractivity (Wildman–Crippen MR) is 60.6 cm³/mol. The molecule has 14 heavy (non-hydrogen) atoms. The smallest absolute Gasteiger partial charge is 0.0221 e. The molecule has 1 unspecified atom stereocenters. The standard InChI is InChI=1S/C13H19N/c1-13(2)11-8-6-5-7-10(11)9-12(13)14(3)4/h5-8,12H,9H2,1-4H3. The van der Waals surface area contributed by atoms with Gasteiger partial charge >= 0.3 is 0 Å². The lowest BCUT2D eigenvalue weighted by Crippen LogP contribution is -2.41. The number of fused-ring (bicyclic) bond motifs is 1. The van der Waals surface area contributed by atoms with E-state index in [9.17, 15) is 0 Å². The third kappa shape index (κ3) is 1.27. The first kappa shape index (κ1) is 9.72. The maximum absolute atomic E-state index is 2.35. The summed E-state index contributed by atoms with van der Waals surface area (Å²) in [7, 11) is 4.36. The van der Waals surface area contributed by atoms with E-state index >= 15 is 0 Å². The van der Waals surface area contributed by atoms with Crippen molar-refractivity contribution in [2.24, 2.45) is 0 Å². The molecule has 0 aliphatic heterocycles. The summed E-state index contributed by atoms with van der Waals surface area (Å²) in [5.74, 6) is 0. The number of likely N-dealkylation sites (N-methyl/N-ethyl adjacent to an activating group) is 1. The number of hydrogen-bond donors (Lipinski definition) is 0. The van der Waals surface area contributed by atoms with E-state index in [4.69, 9.17) is 0 Å². The molecule has 1 aliphatic rings.